The van der Waals surface area contributed by atoms with Crippen LogP contribution >= 0.6 is 0 Å². The van der Waals surface area contributed by atoms with Gasteiger partial charge in [0.15, 0.2) is 0 Å². The fraction of sp³-hybridized carbons (Fsp3) is 0.333. The summed E-state index contributed by atoms with van der Waals surface area (Å²) >= 11 is 0. The van der Waals surface area contributed by atoms with Crippen LogP contribution in [0, 0.1) is 0 Å². The van der Waals surface area contributed by atoms with Crippen molar-refractivity contribution in [3.05, 3.63) is 30.4 Å². The zero-order chi connectivity index (χ0) is 13.0. The van der Waals surface area contributed by atoms with Crippen LogP contribution in [0.4, 0.5) is 0 Å². The van der Waals surface area contributed by atoms with E-state index in [9.17, 15) is 0 Å². The molecule has 0 aliphatic heterocycles. The molecule has 2 N–H and O–H groups in total. The maximum Gasteiger partial charge on any atom is 0.146 e. The number of hydrogen-bond acceptors (Lipinski definition) is 5. The van der Waals surface area contributed by atoms with E-state index < -0.39 is 0 Å². The first-order chi connectivity index (χ1) is 8.80. The summed E-state index contributed by atoms with van der Waals surface area (Å²) in [6, 6.07) is 5.59. The first kappa shape index (κ1) is 12.4. The first-order valence-corrected chi connectivity index (χ1v) is 5.61. The topological polar surface area (TPSA) is 75.2 Å². The van der Waals surface area contributed by atoms with E-state index in [1.807, 2.05) is 22.8 Å². The van der Waals surface area contributed by atoms with Crippen LogP contribution in [0.5, 0.6) is 11.5 Å². The third kappa shape index (κ3) is 2.28. The van der Waals surface area contributed by atoms with Crippen LogP contribution in [0.25, 0.3) is 5.69 Å². The fourth-order valence-electron chi connectivity index (χ4n) is 1.74. The molecule has 6 heteroatoms. The van der Waals surface area contributed by atoms with E-state index in [1.54, 1.807) is 20.5 Å². The lowest BCUT2D eigenvalue weighted by molar-refractivity contribution is 0.393. The number of rotatable bonds is 5. The second kappa shape index (κ2) is 5.50. The van der Waals surface area contributed by atoms with Crippen molar-refractivity contribution in [2.75, 3.05) is 20.8 Å². The van der Waals surface area contributed by atoms with Gasteiger partial charge in [-0.1, -0.05) is 0 Å². The van der Waals surface area contributed by atoms with Gasteiger partial charge in [-0.25, -0.2) is 0 Å². The Labute approximate surface area is 105 Å². The molecule has 0 saturated heterocycles. The number of methoxy groups -OCH3 is 2. The van der Waals surface area contributed by atoms with Gasteiger partial charge in [-0.2, -0.15) is 0 Å². The van der Waals surface area contributed by atoms with Gasteiger partial charge in [-0.3, -0.25) is 4.57 Å². The number of nitrogens with zero attached hydrogens (tertiary/aromatic N) is 3. The minimum atomic E-state index is 0.525. The van der Waals surface area contributed by atoms with Crippen molar-refractivity contribution in [3.8, 4) is 17.2 Å². The highest BCUT2D eigenvalue weighted by atomic mass is 16.5. The molecule has 0 aliphatic rings. The van der Waals surface area contributed by atoms with Crippen molar-refractivity contribution in [1.82, 2.24) is 14.8 Å². The molecule has 0 aliphatic carbocycles. The summed E-state index contributed by atoms with van der Waals surface area (Å²) in [7, 11) is 3.23. The predicted molar refractivity (Wildman–Crippen MR) is 67.2 cm³/mol. The second-order valence-electron chi connectivity index (χ2n) is 3.69. The number of hydrogen-bond donors (Lipinski definition) is 1. The van der Waals surface area contributed by atoms with Crippen LogP contribution in [-0.4, -0.2) is 35.5 Å². The molecule has 6 nitrogen and oxygen atoms in total. The first-order valence-electron chi connectivity index (χ1n) is 5.61. The van der Waals surface area contributed by atoms with Crippen LogP contribution in [0.15, 0.2) is 24.5 Å². The molecule has 0 amide bonds. The van der Waals surface area contributed by atoms with Crippen LogP contribution in [-0.2, 0) is 6.42 Å². The summed E-state index contributed by atoms with van der Waals surface area (Å²) in [5.74, 6) is 2.25. The molecule has 0 radical (unpaired) electrons. The van der Waals surface area contributed by atoms with Gasteiger partial charge in [0.2, 0.25) is 0 Å². The van der Waals surface area contributed by atoms with E-state index in [4.69, 9.17) is 15.2 Å². The van der Waals surface area contributed by atoms with Gasteiger partial charge in [0.05, 0.1) is 19.9 Å². The second-order valence-corrected chi connectivity index (χ2v) is 3.69. The van der Waals surface area contributed by atoms with Gasteiger partial charge < -0.3 is 15.2 Å². The Kier molecular flexibility index (Phi) is 3.78. The Morgan fingerprint density at radius 2 is 2.11 bits per heavy atom. The molecule has 1 heterocycles. The maximum atomic E-state index is 5.55. The summed E-state index contributed by atoms with van der Waals surface area (Å²) in [6.07, 6.45) is 2.31. The summed E-state index contributed by atoms with van der Waals surface area (Å²) in [6.45, 7) is 0.525. The Morgan fingerprint density at radius 1 is 1.28 bits per heavy atom. The zero-order valence-electron chi connectivity index (χ0n) is 10.5. The highest BCUT2D eigenvalue weighted by Crippen LogP contribution is 2.28. The molecule has 0 fully saturated rings. The van der Waals surface area contributed by atoms with E-state index in [2.05, 4.69) is 10.2 Å². The molecular formula is C12H16N4O2. The van der Waals surface area contributed by atoms with Crippen molar-refractivity contribution < 1.29 is 9.47 Å². The third-order valence-corrected chi connectivity index (χ3v) is 2.63. The minimum Gasteiger partial charge on any atom is -0.497 e. The molecule has 96 valence electrons. The molecule has 0 unspecified atom stereocenters. The molecule has 1 aromatic heterocycles. The van der Waals surface area contributed by atoms with Gasteiger partial charge in [-0.05, 0) is 18.7 Å². The minimum absolute atomic E-state index is 0.525. The Bertz CT molecular complexity index is 525. The van der Waals surface area contributed by atoms with Gasteiger partial charge in [0.25, 0.3) is 0 Å². The maximum absolute atomic E-state index is 5.55. The van der Waals surface area contributed by atoms with E-state index in [-0.39, 0.29) is 0 Å². The van der Waals surface area contributed by atoms with Gasteiger partial charge in [0, 0.05) is 12.5 Å². The number of aromatic nitrogens is 3. The van der Waals surface area contributed by atoms with Crippen LogP contribution < -0.4 is 15.2 Å². The normalized spacial score (nSPS) is 10.4. The molecule has 1 aromatic carbocycles. The van der Waals surface area contributed by atoms with Crippen molar-refractivity contribution in [3.63, 3.8) is 0 Å². The number of ether oxygens (including phenoxy) is 2. The molecule has 0 bridgehead atoms. The van der Waals surface area contributed by atoms with Crippen LogP contribution in [0.2, 0.25) is 0 Å². The fourth-order valence-corrected chi connectivity index (χ4v) is 1.74. The van der Waals surface area contributed by atoms with E-state index in [1.165, 1.54) is 0 Å². The summed E-state index contributed by atoms with van der Waals surface area (Å²) in [5, 5.41) is 7.95. The monoisotopic (exact) mass is 248 g/mol. The number of benzene rings is 1. The van der Waals surface area contributed by atoms with Gasteiger partial charge >= 0.3 is 0 Å². The average Bonchev–Trinajstić information content (AvgIpc) is 2.86. The molecule has 0 saturated carbocycles. The van der Waals surface area contributed by atoms with Crippen molar-refractivity contribution in [2.24, 2.45) is 5.73 Å². The Morgan fingerprint density at radius 3 is 2.78 bits per heavy atom. The summed E-state index contributed by atoms with van der Waals surface area (Å²) in [5.41, 5.74) is 6.42. The predicted octanol–water partition coefficient (Wildman–Crippen LogP) is 0.786. The molecular weight excluding hydrogens is 232 g/mol. The molecule has 2 rings (SSSR count). The molecule has 18 heavy (non-hydrogen) atoms. The lowest BCUT2D eigenvalue weighted by Gasteiger charge is -2.12. The van der Waals surface area contributed by atoms with Crippen LogP contribution in [0.3, 0.4) is 0 Å². The highest BCUT2D eigenvalue weighted by molar-refractivity contribution is 5.51. The summed E-state index contributed by atoms with van der Waals surface area (Å²) < 4.78 is 12.4. The Balaban J connectivity index is 2.46. The van der Waals surface area contributed by atoms with Crippen molar-refractivity contribution >= 4 is 0 Å². The molecule has 0 atom stereocenters. The van der Waals surface area contributed by atoms with E-state index in [0.29, 0.717) is 18.7 Å². The quantitative estimate of drug-likeness (QED) is 0.846. The highest BCUT2D eigenvalue weighted by Gasteiger charge is 2.11. The zero-order valence-corrected chi connectivity index (χ0v) is 10.5. The largest absolute Gasteiger partial charge is 0.497 e. The molecule has 0 spiro atoms. The molecule has 2 aromatic rings. The standard InChI is InChI=1S/C12H16N4O2/c1-17-9-3-4-10(11(7-9)18-2)16-8-14-15-12(16)5-6-13/h3-4,7-8H,5-6,13H2,1-2H3. The number of nitrogens with two attached hydrogens (primary N) is 1. The van der Waals surface area contributed by atoms with Crippen molar-refractivity contribution in [2.45, 2.75) is 6.42 Å². The smallest absolute Gasteiger partial charge is 0.146 e. The van der Waals surface area contributed by atoms with E-state index in [0.717, 1.165) is 17.3 Å². The lowest BCUT2D eigenvalue weighted by atomic mass is 10.2. The third-order valence-electron chi connectivity index (χ3n) is 2.63. The SMILES string of the molecule is COc1ccc(-n2cnnc2CCN)c(OC)c1. The van der Waals surface area contributed by atoms with Gasteiger partial charge in [-0.15, -0.1) is 10.2 Å². The summed E-state index contributed by atoms with van der Waals surface area (Å²) in [4.78, 5) is 0. The lowest BCUT2D eigenvalue weighted by Crippen LogP contribution is -2.09. The van der Waals surface area contributed by atoms with Crippen LogP contribution in [0.1, 0.15) is 5.82 Å². The average molecular weight is 248 g/mol. The Hall–Kier alpha value is -2.08. The van der Waals surface area contributed by atoms with Crippen molar-refractivity contribution in [1.29, 1.82) is 0 Å². The van der Waals surface area contributed by atoms with Gasteiger partial charge in [0.1, 0.15) is 23.7 Å². The van der Waals surface area contributed by atoms with E-state index >= 15 is 0 Å².